The van der Waals surface area contributed by atoms with Crippen molar-refractivity contribution in [3.05, 3.63) is 52.8 Å². The number of hydrogen-bond acceptors (Lipinski definition) is 3. The second kappa shape index (κ2) is 7.25. The van der Waals surface area contributed by atoms with Crippen LogP contribution < -0.4 is 0 Å². The molecule has 1 aromatic heterocycles. The Kier molecular flexibility index (Phi) is 5.06. The van der Waals surface area contributed by atoms with E-state index in [0.29, 0.717) is 16.8 Å². The number of carbonyl (C=O) groups excluding carboxylic acids is 1. The summed E-state index contributed by atoms with van der Waals surface area (Å²) in [6.45, 7) is 1.95. The van der Waals surface area contributed by atoms with Gasteiger partial charge in [0, 0.05) is 28.6 Å². The molecule has 0 spiro atoms. The first kappa shape index (κ1) is 17.5. The number of carbonyl (C=O) groups is 1. The topological polar surface area (TPSA) is 69.6 Å². The van der Waals surface area contributed by atoms with Crippen LogP contribution in [-0.4, -0.2) is 15.7 Å². The van der Waals surface area contributed by atoms with E-state index in [1.807, 2.05) is 25.1 Å². The van der Waals surface area contributed by atoms with Crippen LogP contribution in [0.5, 0.6) is 0 Å². The maximum absolute atomic E-state index is 12.3. The van der Waals surface area contributed by atoms with E-state index in [1.54, 1.807) is 12.1 Å². The summed E-state index contributed by atoms with van der Waals surface area (Å²) < 4.78 is 2.11. The molecule has 5 heteroatoms. The predicted molar refractivity (Wildman–Crippen MR) is 98.9 cm³/mol. The first-order chi connectivity index (χ1) is 12.1. The summed E-state index contributed by atoms with van der Waals surface area (Å²) in [7, 11) is 0. The molecule has 0 aliphatic heterocycles. The smallest absolute Gasteiger partial charge is 0.175 e. The average Bonchev–Trinajstić information content (AvgIpc) is 2.93. The Bertz CT molecular complexity index is 877. The lowest BCUT2D eigenvalue weighted by molar-refractivity contribution is 0.102. The van der Waals surface area contributed by atoms with Crippen molar-refractivity contribution in [1.29, 1.82) is 10.5 Å². The monoisotopic (exact) mass is 395 g/mol. The van der Waals surface area contributed by atoms with Crippen molar-refractivity contribution in [2.45, 2.75) is 26.2 Å². The van der Waals surface area contributed by atoms with Gasteiger partial charge in [0.1, 0.15) is 0 Å². The zero-order chi connectivity index (χ0) is 18.0. The number of hydrogen-bond donors (Lipinski definition) is 0. The van der Waals surface area contributed by atoms with Gasteiger partial charge >= 0.3 is 0 Å². The second-order valence-corrected chi connectivity index (χ2v) is 7.11. The molecule has 1 aliphatic carbocycles. The molecule has 1 aliphatic rings. The maximum atomic E-state index is 12.3. The van der Waals surface area contributed by atoms with Gasteiger partial charge in [-0.3, -0.25) is 4.79 Å². The molecule has 0 radical (unpaired) electrons. The zero-order valence-corrected chi connectivity index (χ0v) is 15.6. The number of rotatable bonds is 5. The molecule has 1 saturated carbocycles. The number of Topliss-reactive ketones (excluding diaryl/α,β-unsaturated/α-hetero) is 1. The van der Waals surface area contributed by atoms with E-state index in [9.17, 15) is 4.79 Å². The largest absolute Gasteiger partial charge is 0.317 e. The zero-order valence-electron chi connectivity index (χ0n) is 14.0. The van der Waals surface area contributed by atoms with E-state index in [-0.39, 0.29) is 11.7 Å². The number of aromatic nitrogens is 1. The number of nitriles is 2. The standard InChI is InChI=1S/C20H18BrN3O/c1-13-19(20(25)10-21)9-18(8-15-6-16(7-15)12-23)24(13)17-4-2-14(11-22)3-5-17/h2-5,9,15-16H,6-8,10H2,1H3. The number of nitrogens with zero attached hydrogens (tertiary/aromatic N) is 3. The minimum absolute atomic E-state index is 0.0645. The van der Waals surface area contributed by atoms with Crippen molar-refractivity contribution in [3.63, 3.8) is 0 Å². The number of alkyl halides is 1. The van der Waals surface area contributed by atoms with Gasteiger partial charge in [0.05, 0.1) is 23.0 Å². The van der Waals surface area contributed by atoms with Crippen LogP contribution >= 0.6 is 15.9 Å². The number of benzene rings is 1. The van der Waals surface area contributed by atoms with E-state index in [4.69, 9.17) is 10.5 Å². The third-order valence-electron chi connectivity index (χ3n) is 4.92. The van der Waals surface area contributed by atoms with Crippen LogP contribution in [0.2, 0.25) is 0 Å². The van der Waals surface area contributed by atoms with Crippen molar-refractivity contribution >= 4 is 21.7 Å². The molecular formula is C20H18BrN3O. The number of halogens is 1. The highest BCUT2D eigenvalue weighted by Crippen LogP contribution is 2.37. The van der Waals surface area contributed by atoms with Crippen LogP contribution in [0.4, 0.5) is 0 Å². The van der Waals surface area contributed by atoms with Crippen molar-refractivity contribution in [3.8, 4) is 17.8 Å². The average molecular weight is 396 g/mol. The molecule has 3 rings (SSSR count). The predicted octanol–water partition coefficient (Wildman–Crippen LogP) is 4.33. The summed E-state index contributed by atoms with van der Waals surface area (Å²) in [6.07, 6.45) is 2.71. The Morgan fingerprint density at radius 3 is 2.52 bits per heavy atom. The summed E-state index contributed by atoms with van der Waals surface area (Å²) in [5.74, 6) is 0.728. The molecule has 1 heterocycles. The lowest BCUT2D eigenvalue weighted by Gasteiger charge is -2.31. The second-order valence-electron chi connectivity index (χ2n) is 6.55. The van der Waals surface area contributed by atoms with Gasteiger partial charge in [-0.25, -0.2) is 0 Å². The van der Waals surface area contributed by atoms with Crippen molar-refractivity contribution < 1.29 is 4.79 Å². The molecule has 126 valence electrons. The Morgan fingerprint density at radius 2 is 1.96 bits per heavy atom. The Balaban J connectivity index is 1.98. The van der Waals surface area contributed by atoms with E-state index in [0.717, 1.165) is 41.9 Å². The van der Waals surface area contributed by atoms with Crippen LogP contribution in [-0.2, 0) is 6.42 Å². The van der Waals surface area contributed by atoms with Gasteiger partial charge < -0.3 is 4.57 Å². The van der Waals surface area contributed by atoms with Crippen LogP contribution in [0.25, 0.3) is 5.69 Å². The molecule has 0 saturated heterocycles. The highest BCUT2D eigenvalue weighted by Gasteiger charge is 2.30. The molecule has 0 bridgehead atoms. The summed E-state index contributed by atoms with van der Waals surface area (Å²) in [4.78, 5) is 12.3. The molecule has 1 fully saturated rings. The Morgan fingerprint density at radius 1 is 1.28 bits per heavy atom. The third-order valence-corrected chi connectivity index (χ3v) is 5.43. The van der Waals surface area contributed by atoms with E-state index < -0.39 is 0 Å². The van der Waals surface area contributed by atoms with Crippen molar-refractivity contribution in [1.82, 2.24) is 4.57 Å². The van der Waals surface area contributed by atoms with Crippen molar-refractivity contribution in [2.24, 2.45) is 11.8 Å². The molecular weight excluding hydrogens is 378 g/mol. The van der Waals surface area contributed by atoms with Gasteiger partial charge in [0.2, 0.25) is 0 Å². The third kappa shape index (κ3) is 3.38. The minimum Gasteiger partial charge on any atom is -0.317 e. The van der Waals surface area contributed by atoms with Gasteiger partial charge in [0.25, 0.3) is 0 Å². The summed E-state index contributed by atoms with van der Waals surface area (Å²) in [5, 5.41) is 18.3. The molecule has 0 amide bonds. The van der Waals surface area contributed by atoms with Crippen molar-refractivity contribution in [2.75, 3.05) is 5.33 Å². The summed E-state index contributed by atoms with van der Waals surface area (Å²) in [5.41, 5.74) is 4.31. The molecule has 0 unspecified atom stereocenters. The van der Waals surface area contributed by atoms with Crippen LogP contribution in [0.15, 0.2) is 30.3 Å². The maximum Gasteiger partial charge on any atom is 0.175 e. The first-order valence-electron chi connectivity index (χ1n) is 8.28. The number of ketones is 1. The normalized spacial score (nSPS) is 18.9. The van der Waals surface area contributed by atoms with E-state index in [2.05, 4.69) is 32.6 Å². The SMILES string of the molecule is Cc1c(C(=O)CBr)cc(CC2CC(C#N)C2)n1-c1ccc(C#N)cc1. The molecule has 25 heavy (non-hydrogen) atoms. The van der Waals surface area contributed by atoms with Gasteiger partial charge in [0.15, 0.2) is 5.78 Å². The first-order valence-corrected chi connectivity index (χ1v) is 9.40. The Labute approximate surface area is 155 Å². The summed E-state index contributed by atoms with van der Waals surface area (Å²) in [6, 6.07) is 13.8. The minimum atomic E-state index is 0.0645. The lowest BCUT2D eigenvalue weighted by Crippen LogP contribution is -2.25. The van der Waals surface area contributed by atoms with E-state index >= 15 is 0 Å². The molecule has 2 aromatic rings. The fraction of sp³-hybridized carbons (Fsp3) is 0.350. The fourth-order valence-electron chi connectivity index (χ4n) is 3.52. The molecule has 0 atom stereocenters. The lowest BCUT2D eigenvalue weighted by atomic mass is 9.73. The fourth-order valence-corrected chi connectivity index (χ4v) is 3.83. The van der Waals surface area contributed by atoms with Gasteiger partial charge in [-0.1, -0.05) is 15.9 Å². The highest BCUT2D eigenvalue weighted by atomic mass is 79.9. The van der Waals surface area contributed by atoms with Gasteiger partial charge in [-0.15, -0.1) is 0 Å². The molecule has 1 aromatic carbocycles. The molecule has 0 N–H and O–H groups in total. The van der Waals surface area contributed by atoms with Gasteiger partial charge in [-0.2, -0.15) is 10.5 Å². The van der Waals surface area contributed by atoms with Crippen LogP contribution in [0.3, 0.4) is 0 Å². The van der Waals surface area contributed by atoms with Crippen LogP contribution in [0.1, 0.15) is 40.2 Å². The van der Waals surface area contributed by atoms with Crippen LogP contribution in [0, 0.1) is 41.4 Å². The van der Waals surface area contributed by atoms with Gasteiger partial charge in [-0.05, 0) is 62.4 Å². The Hall–Kier alpha value is -2.37. The van der Waals surface area contributed by atoms with E-state index in [1.165, 1.54) is 0 Å². The molecule has 4 nitrogen and oxygen atoms in total. The highest BCUT2D eigenvalue weighted by molar-refractivity contribution is 9.09. The quantitative estimate of drug-likeness (QED) is 0.558. The summed E-state index contributed by atoms with van der Waals surface area (Å²) >= 11 is 3.26.